The molecule has 0 fully saturated rings. The van der Waals surface area contributed by atoms with Crippen molar-refractivity contribution in [1.29, 1.82) is 0 Å². The van der Waals surface area contributed by atoms with Gasteiger partial charge in [0.25, 0.3) is 5.95 Å². The number of anilines is 3. The summed E-state index contributed by atoms with van der Waals surface area (Å²) in [5.41, 5.74) is 3.24. The molecule has 2 heterocycles. The lowest BCUT2D eigenvalue weighted by Gasteiger charge is -2.23. The van der Waals surface area contributed by atoms with Crippen molar-refractivity contribution in [3.63, 3.8) is 0 Å². The van der Waals surface area contributed by atoms with Crippen LogP contribution < -0.4 is 15.4 Å². The van der Waals surface area contributed by atoms with Crippen LogP contribution in [0.2, 0.25) is 0 Å². The zero-order valence-electron chi connectivity index (χ0n) is 16.2. The van der Waals surface area contributed by atoms with Crippen LogP contribution in [0, 0.1) is 6.92 Å². The highest BCUT2D eigenvalue weighted by Crippen LogP contribution is 2.39. The van der Waals surface area contributed by atoms with Crippen molar-refractivity contribution in [2.45, 2.75) is 37.8 Å². The lowest BCUT2D eigenvalue weighted by molar-refractivity contribution is 0.596. The molecule has 29 heavy (non-hydrogen) atoms. The highest BCUT2D eigenvalue weighted by molar-refractivity contribution is 7.89. The standard InChI is InChI=1S/C20H22N6O2S/c1-13-11-16-17(9-6-10-18(16)29(21,27)28)26(13)20-23-19(14(2)24-25-20)22-12-15-7-4-3-5-8-15/h3-10,13H,11-12H2,1-2H3,(H2,21,27,28)(H,22,23,25). The Morgan fingerprint density at radius 2 is 1.90 bits per heavy atom. The summed E-state index contributed by atoms with van der Waals surface area (Å²) < 4.78 is 23.9. The number of benzene rings is 2. The zero-order chi connectivity index (χ0) is 20.6. The summed E-state index contributed by atoms with van der Waals surface area (Å²) in [5, 5.41) is 17.2. The molecular formula is C20H22N6O2S. The summed E-state index contributed by atoms with van der Waals surface area (Å²) >= 11 is 0. The normalized spacial score (nSPS) is 16.0. The maximum absolute atomic E-state index is 12.0. The number of rotatable bonds is 5. The monoisotopic (exact) mass is 410 g/mol. The van der Waals surface area contributed by atoms with Crippen LogP contribution in [0.25, 0.3) is 0 Å². The molecule has 1 aliphatic heterocycles. The first-order valence-electron chi connectivity index (χ1n) is 9.27. The predicted molar refractivity (Wildman–Crippen MR) is 111 cm³/mol. The molecule has 150 valence electrons. The van der Waals surface area contributed by atoms with Gasteiger partial charge < -0.3 is 10.2 Å². The number of sulfonamides is 1. The molecule has 0 aliphatic carbocycles. The Hall–Kier alpha value is -3.04. The van der Waals surface area contributed by atoms with Gasteiger partial charge in [0.1, 0.15) is 5.69 Å². The van der Waals surface area contributed by atoms with Gasteiger partial charge in [0.15, 0.2) is 5.82 Å². The van der Waals surface area contributed by atoms with Gasteiger partial charge in [-0.25, -0.2) is 13.6 Å². The molecule has 4 rings (SSSR count). The fourth-order valence-corrected chi connectivity index (χ4v) is 4.40. The van der Waals surface area contributed by atoms with E-state index in [2.05, 4.69) is 20.5 Å². The molecule has 1 unspecified atom stereocenters. The van der Waals surface area contributed by atoms with Crippen LogP contribution in [0.4, 0.5) is 17.5 Å². The summed E-state index contributed by atoms with van der Waals surface area (Å²) in [7, 11) is -3.81. The molecule has 0 bridgehead atoms. The van der Waals surface area contributed by atoms with Crippen molar-refractivity contribution >= 4 is 27.5 Å². The highest BCUT2D eigenvalue weighted by atomic mass is 32.2. The van der Waals surface area contributed by atoms with E-state index >= 15 is 0 Å². The maximum Gasteiger partial charge on any atom is 0.252 e. The van der Waals surface area contributed by atoms with Gasteiger partial charge in [0.2, 0.25) is 10.0 Å². The Bertz CT molecular complexity index is 1150. The van der Waals surface area contributed by atoms with Gasteiger partial charge >= 0.3 is 0 Å². The first-order chi connectivity index (χ1) is 13.8. The van der Waals surface area contributed by atoms with Crippen molar-refractivity contribution in [2.24, 2.45) is 5.14 Å². The van der Waals surface area contributed by atoms with Gasteiger partial charge in [-0.1, -0.05) is 36.4 Å². The van der Waals surface area contributed by atoms with Crippen LogP contribution in [0.1, 0.15) is 23.7 Å². The van der Waals surface area contributed by atoms with Gasteiger partial charge in [0, 0.05) is 18.3 Å². The van der Waals surface area contributed by atoms with E-state index in [1.165, 1.54) is 6.07 Å². The smallest absolute Gasteiger partial charge is 0.252 e. The number of aromatic nitrogens is 3. The second-order valence-corrected chi connectivity index (χ2v) is 8.64. The lowest BCUT2D eigenvalue weighted by Crippen LogP contribution is -2.26. The number of nitrogens with one attached hydrogen (secondary N) is 1. The first-order valence-corrected chi connectivity index (χ1v) is 10.8. The van der Waals surface area contributed by atoms with Crippen LogP contribution in [0.5, 0.6) is 0 Å². The molecule has 1 atom stereocenters. The van der Waals surface area contributed by atoms with E-state index in [1.807, 2.05) is 55.1 Å². The zero-order valence-corrected chi connectivity index (χ0v) is 17.0. The van der Waals surface area contributed by atoms with Crippen molar-refractivity contribution in [3.05, 3.63) is 65.4 Å². The van der Waals surface area contributed by atoms with Gasteiger partial charge in [-0.05, 0) is 43.5 Å². The number of fused-ring (bicyclic) bond motifs is 1. The molecule has 2 aromatic carbocycles. The third kappa shape index (κ3) is 3.79. The van der Waals surface area contributed by atoms with Crippen LogP contribution in [-0.2, 0) is 23.0 Å². The van der Waals surface area contributed by atoms with Crippen molar-refractivity contribution < 1.29 is 8.42 Å². The maximum atomic E-state index is 12.0. The minimum absolute atomic E-state index is 0.0284. The molecule has 0 spiro atoms. The number of nitrogens with zero attached hydrogens (tertiary/aromatic N) is 4. The van der Waals surface area contributed by atoms with E-state index in [4.69, 9.17) is 5.14 Å². The van der Waals surface area contributed by atoms with E-state index in [0.29, 0.717) is 36.0 Å². The summed E-state index contributed by atoms with van der Waals surface area (Å²) in [6.45, 7) is 4.45. The molecule has 8 nitrogen and oxygen atoms in total. The Balaban J connectivity index is 1.68. The fourth-order valence-electron chi connectivity index (χ4n) is 3.60. The van der Waals surface area contributed by atoms with Crippen molar-refractivity contribution in [3.8, 4) is 0 Å². The Kier molecular flexibility index (Phi) is 4.93. The first kappa shape index (κ1) is 19.3. The predicted octanol–water partition coefficient (Wildman–Crippen LogP) is 2.52. The Morgan fingerprint density at radius 1 is 1.14 bits per heavy atom. The van der Waals surface area contributed by atoms with Gasteiger partial charge in [-0.2, -0.15) is 4.98 Å². The average molecular weight is 411 g/mol. The second kappa shape index (κ2) is 7.41. The minimum Gasteiger partial charge on any atom is -0.364 e. The molecule has 3 aromatic rings. The Labute approximate surface area is 169 Å². The third-order valence-electron chi connectivity index (χ3n) is 4.98. The van der Waals surface area contributed by atoms with E-state index < -0.39 is 10.0 Å². The largest absolute Gasteiger partial charge is 0.364 e. The van der Waals surface area contributed by atoms with E-state index in [9.17, 15) is 8.42 Å². The van der Waals surface area contributed by atoms with E-state index in [1.54, 1.807) is 6.07 Å². The minimum atomic E-state index is -3.81. The molecule has 1 aromatic heterocycles. The number of hydrogen-bond acceptors (Lipinski definition) is 7. The second-order valence-electron chi connectivity index (χ2n) is 7.11. The number of hydrogen-bond donors (Lipinski definition) is 2. The summed E-state index contributed by atoms with van der Waals surface area (Å²) in [6, 6.07) is 15.1. The SMILES string of the molecule is Cc1nnc(N2c3cccc(S(N)(=O)=O)c3CC2C)nc1NCc1ccccc1. The number of primary sulfonamides is 1. The van der Waals surface area contributed by atoms with Crippen LogP contribution in [-0.4, -0.2) is 29.6 Å². The van der Waals surface area contributed by atoms with Crippen LogP contribution >= 0.6 is 0 Å². The van der Waals surface area contributed by atoms with Gasteiger partial charge in [0.05, 0.1) is 4.90 Å². The number of aryl methyl sites for hydroxylation is 1. The Morgan fingerprint density at radius 3 is 2.62 bits per heavy atom. The number of nitrogens with two attached hydrogens (primary N) is 1. The molecule has 1 aliphatic rings. The van der Waals surface area contributed by atoms with Crippen LogP contribution in [0.3, 0.4) is 0 Å². The highest BCUT2D eigenvalue weighted by Gasteiger charge is 2.33. The molecule has 0 radical (unpaired) electrons. The average Bonchev–Trinajstić information content (AvgIpc) is 3.03. The van der Waals surface area contributed by atoms with E-state index in [-0.39, 0.29) is 10.9 Å². The molecule has 0 saturated heterocycles. The third-order valence-corrected chi connectivity index (χ3v) is 5.97. The molecular weight excluding hydrogens is 388 g/mol. The van der Waals surface area contributed by atoms with E-state index in [0.717, 1.165) is 11.3 Å². The summed E-state index contributed by atoms with van der Waals surface area (Å²) in [4.78, 5) is 6.72. The van der Waals surface area contributed by atoms with Crippen LogP contribution in [0.15, 0.2) is 53.4 Å². The molecule has 3 N–H and O–H groups in total. The molecule has 0 amide bonds. The van der Waals surface area contributed by atoms with Gasteiger partial charge in [-0.3, -0.25) is 0 Å². The molecule has 0 saturated carbocycles. The van der Waals surface area contributed by atoms with Gasteiger partial charge in [-0.15, -0.1) is 10.2 Å². The fraction of sp³-hybridized carbons (Fsp3) is 0.250. The summed E-state index contributed by atoms with van der Waals surface area (Å²) in [6.07, 6.45) is 0.534. The topological polar surface area (TPSA) is 114 Å². The van der Waals surface area contributed by atoms with Crippen molar-refractivity contribution in [1.82, 2.24) is 15.2 Å². The molecule has 9 heteroatoms. The lowest BCUT2D eigenvalue weighted by atomic mass is 10.1. The van der Waals surface area contributed by atoms with Crippen molar-refractivity contribution in [2.75, 3.05) is 10.2 Å². The quantitative estimate of drug-likeness (QED) is 0.664. The summed E-state index contributed by atoms with van der Waals surface area (Å²) in [5.74, 6) is 1.06.